The van der Waals surface area contributed by atoms with E-state index < -0.39 is 0 Å². The number of Topliss-reactive ketones (excluding diaryl/α,β-unsaturated/α-hetero) is 1. The topological polar surface area (TPSA) is 37.3 Å². The van der Waals surface area contributed by atoms with Gasteiger partial charge in [0.2, 0.25) is 0 Å². The van der Waals surface area contributed by atoms with Gasteiger partial charge in [-0.3, -0.25) is 4.79 Å². The van der Waals surface area contributed by atoms with Crippen molar-refractivity contribution in [3.8, 4) is 0 Å². The lowest BCUT2D eigenvalue weighted by Crippen LogP contribution is -1.99. The van der Waals surface area contributed by atoms with Gasteiger partial charge < -0.3 is 5.11 Å². The Morgan fingerprint density at radius 3 is 1.80 bits per heavy atom. The van der Waals surface area contributed by atoms with E-state index >= 15 is 0 Å². The highest BCUT2D eigenvalue weighted by molar-refractivity contribution is 5.96. The van der Waals surface area contributed by atoms with Crippen LogP contribution in [0.3, 0.4) is 0 Å². The molecule has 0 amide bonds. The van der Waals surface area contributed by atoms with Crippen molar-refractivity contribution in [1.82, 2.24) is 0 Å². The molecule has 0 spiro atoms. The van der Waals surface area contributed by atoms with Gasteiger partial charge in [0.05, 0.1) is 5.57 Å². The van der Waals surface area contributed by atoms with Crippen LogP contribution in [0.2, 0.25) is 0 Å². The van der Waals surface area contributed by atoms with Crippen molar-refractivity contribution < 1.29 is 9.90 Å². The average Bonchev–Trinajstić information content (AvgIpc) is 2.30. The van der Waals surface area contributed by atoms with Crippen molar-refractivity contribution >= 4 is 5.78 Å². The molecule has 0 fully saturated rings. The molecule has 0 aromatic heterocycles. The van der Waals surface area contributed by atoms with Crippen LogP contribution in [0.25, 0.3) is 0 Å². The highest BCUT2D eigenvalue weighted by Gasteiger charge is 2.05. The van der Waals surface area contributed by atoms with Gasteiger partial charge in [0.15, 0.2) is 5.78 Å². The largest absolute Gasteiger partial charge is 0.508 e. The number of ketones is 1. The summed E-state index contributed by atoms with van der Waals surface area (Å²) in [7, 11) is 0. The molecule has 0 aliphatic heterocycles. The third-order valence-corrected chi connectivity index (χ3v) is 1.34. The number of hydrogen-bond acceptors (Lipinski definition) is 2. The van der Waals surface area contributed by atoms with Crippen molar-refractivity contribution in [2.24, 2.45) is 0 Å². The molecule has 0 aliphatic carbocycles. The number of hydrogen-bond donors (Lipinski definition) is 1. The molecule has 0 bridgehead atoms. The Labute approximate surface area is 94.7 Å². The lowest BCUT2D eigenvalue weighted by atomic mass is 10.1. The van der Waals surface area contributed by atoms with E-state index in [4.69, 9.17) is 0 Å². The molecule has 0 aromatic carbocycles. The maximum Gasteiger partial charge on any atom is 0.163 e. The van der Waals surface area contributed by atoms with Crippen molar-refractivity contribution in [2.45, 2.75) is 54.9 Å². The summed E-state index contributed by atoms with van der Waals surface area (Å²) in [5.41, 5.74) is 0.412. The minimum Gasteiger partial charge on any atom is -0.508 e. The smallest absolute Gasteiger partial charge is 0.163 e. The zero-order valence-electron chi connectivity index (χ0n) is 11.2. The van der Waals surface area contributed by atoms with E-state index in [1.165, 1.54) is 13.0 Å². The van der Waals surface area contributed by atoms with Crippen LogP contribution < -0.4 is 0 Å². The first-order valence-electron chi connectivity index (χ1n) is 5.70. The molecule has 0 aliphatic rings. The Hall–Kier alpha value is -1.05. The summed E-state index contributed by atoms with van der Waals surface area (Å²) in [6.45, 7) is 13.1. The summed E-state index contributed by atoms with van der Waals surface area (Å²) in [5, 5.41) is 9.19. The summed E-state index contributed by atoms with van der Waals surface area (Å²) < 4.78 is 0. The molecule has 0 aromatic rings. The Morgan fingerprint density at radius 2 is 1.60 bits per heavy atom. The van der Waals surface area contributed by atoms with E-state index in [0.717, 1.165) is 6.42 Å². The third-order valence-electron chi connectivity index (χ3n) is 1.34. The van der Waals surface area contributed by atoms with Gasteiger partial charge in [-0.1, -0.05) is 40.7 Å². The van der Waals surface area contributed by atoms with Crippen LogP contribution in [0.5, 0.6) is 0 Å². The molecule has 0 heterocycles. The standard InChI is InChI=1S/C9H14O2.2C2H6/c1-4-6-8(7(3)10)9(11)5-2;2*1-2/h5-6,11H,4H2,1-3H3;2*1-2H3/b8-6-,9-5+;;. The van der Waals surface area contributed by atoms with Crippen molar-refractivity contribution in [3.05, 3.63) is 23.5 Å². The lowest BCUT2D eigenvalue weighted by molar-refractivity contribution is -0.113. The minimum absolute atomic E-state index is 0.0688. The third kappa shape index (κ3) is 10.9. The molecule has 2 nitrogen and oxygen atoms in total. The van der Waals surface area contributed by atoms with Gasteiger partial charge in [0, 0.05) is 0 Å². The van der Waals surface area contributed by atoms with Crippen molar-refractivity contribution in [2.75, 3.05) is 0 Å². The number of allylic oxidation sites excluding steroid dienone is 3. The van der Waals surface area contributed by atoms with E-state index in [1.807, 2.05) is 34.6 Å². The summed E-state index contributed by atoms with van der Waals surface area (Å²) >= 11 is 0. The number of carbonyl (C=O) groups is 1. The Bertz CT molecular complexity index is 201. The molecule has 15 heavy (non-hydrogen) atoms. The first-order chi connectivity index (χ1) is 7.13. The van der Waals surface area contributed by atoms with Crippen LogP contribution >= 0.6 is 0 Å². The predicted octanol–water partition coefficient (Wildman–Crippen LogP) is 4.43. The summed E-state index contributed by atoms with van der Waals surface area (Å²) in [4.78, 5) is 10.9. The second-order valence-electron chi connectivity index (χ2n) is 2.26. The van der Waals surface area contributed by atoms with E-state index in [1.54, 1.807) is 13.0 Å². The van der Waals surface area contributed by atoms with E-state index in [2.05, 4.69) is 0 Å². The van der Waals surface area contributed by atoms with E-state index in [-0.39, 0.29) is 11.5 Å². The second kappa shape index (κ2) is 15.4. The summed E-state index contributed by atoms with van der Waals surface area (Å²) in [6.07, 6.45) is 3.99. The first kappa shape index (κ1) is 19.5. The van der Waals surface area contributed by atoms with Gasteiger partial charge in [-0.2, -0.15) is 0 Å². The number of carbonyl (C=O) groups excluding carboxylic acids is 1. The highest BCUT2D eigenvalue weighted by Crippen LogP contribution is 2.08. The molecule has 1 N–H and O–H groups in total. The number of aliphatic hydroxyl groups excluding tert-OH is 1. The number of aliphatic hydroxyl groups is 1. The van der Waals surface area contributed by atoms with Gasteiger partial charge >= 0.3 is 0 Å². The maximum atomic E-state index is 10.9. The predicted molar refractivity (Wildman–Crippen MR) is 68.1 cm³/mol. The van der Waals surface area contributed by atoms with Gasteiger partial charge in [-0.05, 0) is 26.3 Å². The fourth-order valence-electron chi connectivity index (χ4n) is 0.788. The van der Waals surface area contributed by atoms with Crippen LogP contribution in [-0.2, 0) is 4.79 Å². The maximum absolute atomic E-state index is 10.9. The molecule has 2 heteroatoms. The van der Waals surface area contributed by atoms with Crippen LogP contribution in [0.1, 0.15) is 54.9 Å². The summed E-state index contributed by atoms with van der Waals surface area (Å²) in [5.74, 6) is -0.0261. The van der Waals surface area contributed by atoms with Gasteiger partial charge in [-0.25, -0.2) is 0 Å². The normalized spacial score (nSPS) is 10.6. The Kier molecular flexibility index (Phi) is 20.1. The van der Waals surface area contributed by atoms with E-state index in [9.17, 15) is 9.90 Å². The highest BCUT2D eigenvalue weighted by atomic mass is 16.3. The zero-order chi connectivity index (χ0) is 12.9. The minimum atomic E-state index is -0.0950. The molecular formula is C13H26O2. The first-order valence-corrected chi connectivity index (χ1v) is 5.70. The molecule has 0 unspecified atom stereocenters. The zero-order valence-corrected chi connectivity index (χ0v) is 11.2. The molecule has 0 saturated carbocycles. The lowest BCUT2D eigenvalue weighted by Gasteiger charge is -1.99. The van der Waals surface area contributed by atoms with Crippen LogP contribution in [0, 0.1) is 0 Å². The molecular weight excluding hydrogens is 188 g/mol. The SMILES string of the molecule is C/C=C(O)\C(=C/CC)C(C)=O.CC.CC. The Balaban J connectivity index is -0.000000318. The average molecular weight is 214 g/mol. The van der Waals surface area contributed by atoms with Crippen LogP contribution in [0.4, 0.5) is 0 Å². The van der Waals surface area contributed by atoms with Crippen molar-refractivity contribution in [1.29, 1.82) is 0 Å². The van der Waals surface area contributed by atoms with Gasteiger partial charge in [-0.15, -0.1) is 0 Å². The summed E-state index contributed by atoms with van der Waals surface area (Å²) in [6, 6.07) is 0. The molecule has 0 atom stereocenters. The molecule has 0 radical (unpaired) electrons. The molecule has 0 saturated heterocycles. The fraction of sp³-hybridized carbons (Fsp3) is 0.615. The van der Waals surface area contributed by atoms with Gasteiger partial charge in [0.1, 0.15) is 5.76 Å². The molecule has 0 rings (SSSR count). The molecule has 90 valence electrons. The van der Waals surface area contributed by atoms with Crippen molar-refractivity contribution in [3.63, 3.8) is 0 Å². The van der Waals surface area contributed by atoms with Crippen LogP contribution in [0.15, 0.2) is 23.5 Å². The Morgan fingerprint density at radius 1 is 1.20 bits per heavy atom. The monoisotopic (exact) mass is 214 g/mol. The fourth-order valence-corrected chi connectivity index (χ4v) is 0.788. The van der Waals surface area contributed by atoms with Crippen LogP contribution in [-0.4, -0.2) is 10.9 Å². The van der Waals surface area contributed by atoms with Gasteiger partial charge in [0.25, 0.3) is 0 Å². The van der Waals surface area contributed by atoms with E-state index in [0.29, 0.717) is 5.57 Å². The number of rotatable bonds is 3. The second-order valence-corrected chi connectivity index (χ2v) is 2.26. The quantitative estimate of drug-likeness (QED) is 0.429.